The molecule has 5 nitrogen and oxygen atoms in total. The van der Waals surface area contributed by atoms with Crippen LogP contribution in [0.1, 0.15) is 11.3 Å². The molecule has 1 N–H and O–H groups in total. The van der Waals surface area contributed by atoms with Crippen molar-refractivity contribution in [2.75, 3.05) is 20.1 Å². The van der Waals surface area contributed by atoms with Crippen molar-refractivity contribution < 1.29 is 0 Å². The topological polar surface area (TPSA) is 49.6 Å². The molecule has 19 heavy (non-hydrogen) atoms. The van der Waals surface area contributed by atoms with E-state index >= 15 is 0 Å². The van der Waals surface area contributed by atoms with Crippen LogP contribution in [-0.4, -0.2) is 40.5 Å². The van der Waals surface area contributed by atoms with Gasteiger partial charge < -0.3 is 5.32 Å². The van der Waals surface area contributed by atoms with Gasteiger partial charge in [0.1, 0.15) is 5.65 Å². The largest absolute Gasteiger partial charge is 0.314 e. The van der Waals surface area contributed by atoms with Crippen LogP contribution in [0, 0.1) is 6.92 Å². The summed E-state index contributed by atoms with van der Waals surface area (Å²) < 4.78 is 1.60. The Bertz CT molecular complexity index is 660. The minimum atomic E-state index is -0.0103. The molecular weight excluding hydrogens is 240 g/mol. The van der Waals surface area contributed by atoms with Crippen molar-refractivity contribution in [3.63, 3.8) is 0 Å². The van der Waals surface area contributed by atoms with Crippen LogP contribution in [0.3, 0.4) is 0 Å². The summed E-state index contributed by atoms with van der Waals surface area (Å²) in [5.74, 6) is 0. The molecule has 0 aliphatic carbocycles. The monoisotopic (exact) mass is 258 g/mol. The standard InChI is InChI=1S/C14H18N4O/c1-10-4-3-5-18-13(19)6-11(16-14(10)18)9-17(2)12-7-15-8-12/h3-6,12,15H,7-9H2,1-2H3. The lowest BCUT2D eigenvalue weighted by atomic mass is 10.1. The van der Waals surface area contributed by atoms with Crippen molar-refractivity contribution in [1.29, 1.82) is 0 Å². The van der Waals surface area contributed by atoms with E-state index in [1.54, 1.807) is 16.7 Å². The molecule has 0 amide bonds. The molecule has 0 spiro atoms. The zero-order chi connectivity index (χ0) is 13.4. The molecule has 1 aliphatic heterocycles. The zero-order valence-corrected chi connectivity index (χ0v) is 11.3. The minimum absolute atomic E-state index is 0.0103. The highest BCUT2D eigenvalue weighted by Crippen LogP contribution is 2.09. The van der Waals surface area contributed by atoms with E-state index in [1.807, 2.05) is 19.1 Å². The molecule has 3 heterocycles. The SMILES string of the molecule is Cc1cccn2c(=O)cc(CN(C)C3CNC3)nc12. The third-order valence-electron chi connectivity index (χ3n) is 3.73. The maximum atomic E-state index is 12.1. The van der Waals surface area contributed by atoms with Crippen LogP contribution >= 0.6 is 0 Å². The van der Waals surface area contributed by atoms with Gasteiger partial charge in [-0.1, -0.05) is 6.07 Å². The van der Waals surface area contributed by atoms with E-state index in [0.717, 1.165) is 30.0 Å². The summed E-state index contributed by atoms with van der Waals surface area (Å²) >= 11 is 0. The Morgan fingerprint density at radius 1 is 1.53 bits per heavy atom. The van der Waals surface area contributed by atoms with Crippen molar-refractivity contribution in [3.05, 3.63) is 46.0 Å². The molecule has 0 radical (unpaired) electrons. The molecule has 0 bridgehead atoms. The molecule has 3 rings (SSSR count). The van der Waals surface area contributed by atoms with Crippen molar-refractivity contribution >= 4 is 5.65 Å². The van der Waals surface area contributed by atoms with Gasteiger partial charge in [0.2, 0.25) is 0 Å². The number of aryl methyl sites for hydroxylation is 1. The van der Waals surface area contributed by atoms with Crippen LogP contribution in [0.2, 0.25) is 0 Å². The number of hydrogen-bond acceptors (Lipinski definition) is 4. The Balaban J connectivity index is 1.96. The van der Waals surface area contributed by atoms with E-state index in [-0.39, 0.29) is 5.56 Å². The van der Waals surface area contributed by atoms with Gasteiger partial charge >= 0.3 is 0 Å². The maximum absolute atomic E-state index is 12.1. The number of nitrogens with zero attached hydrogens (tertiary/aromatic N) is 3. The number of aromatic nitrogens is 2. The van der Waals surface area contributed by atoms with Crippen LogP contribution < -0.4 is 10.9 Å². The fraction of sp³-hybridized carbons (Fsp3) is 0.429. The molecule has 1 aliphatic rings. The van der Waals surface area contributed by atoms with E-state index in [0.29, 0.717) is 12.6 Å². The molecule has 100 valence electrons. The molecule has 1 fully saturated rings. The lowest BCUT2D eigenvalue weighted by Crippen LogP contribution is -2.55. The number of fused-ring (bicyclic) bond motifs is 1. The second-order valence-electron chi connectivity index (χ2n) is 5.20. The Kier molecular flexibility index (Phi) is 3.08. The predicted octanol–water partition coefficient (Wildman–Crippen LogP) is 0.407. The van der Waals surface area contributed by atoms with Gasteiger partial charge in [-0.25, -0.2) is 4.98 Å². The number of pyridine rings is 1. The van der Waals surface area contributed by atoms with Crippen molar-refractivity contribution in [3.8, 4) is 0 Å². The Morgan fingerprint density at radius 2 is 2.32 bits per heavy atom. The second kappa shape index (κ2) is 4.75. The summed E-state index contributed by atoms with van der Waals surface area (Å²) in [5.41, 5.74) is 2.61. The second-order valence-corrected chi connectivity index (χ2v) is 5.20. The Hall–Kier alpha value is -1.72. The highest BCUT2D eigenvalue weighted by atomic mass is 16.1. The summed E-state index contributed by atoms with van der Waals surface area (Å²) in [6.45, 7) is 4.72. The van der Waals surface area contributed by atoms with Crippen LogP contribution in [0.5, 0.6) is 0 Å². The van der Waals surface area contributed by atoms with Gasteiger partial charge in [0.15, 0.2) is 0 Å². The molecule has 0 unspecified atom stereocenters. The van der Waals surface area contributed by atoms with Crippen LogP contribution in [-0.2, 0) is 6.54 Å². The summed E-state index contributed by atoms with van der Waals surface area (Å²) in [6.07, 6.45) is 1.76. The zero-order valence-electron chi connectivity index (χ0n) is 11.3. The van der Waals surface area contributed by atoms with Crippen molar-refractivity contribution in [2.24, 2.45) is 0 Å². The smallest absolute Gasteiger partial charge is 0.258 e. The van der Waals surface area contributed by atoms with Crippen LogP contribution in [0.25, 0.3) is 5.65 Å². The summed E-state index contributed by atoms with van der Waals surface area (Å²) in [4.78, 5) is 18.9. The number of nitrogens with one attached hydrogen (secondary N) is 1. The van der Waals surface area contributed by atoms with E-state index in [4.69, 9.17) is 0 Å². The van der Waals surface area contributed by atoms with Crippen LogP contribution in [0.15, 0.2) is 29.2 Å². The fourth-order valence-corrected chi connectivity index (χ4v) is 2.36. The molecule has 0 saturated carbocycles. The normalized spacial score (nSPS) is 15.9. The summed E-state index contributed by atoms with van der Waals surface area (Å²) in [5, 5.41) is 3.25. The third kappa shape index (κ3) is 2.27. The summed E-state index contributed by atoms with van der Waals surface area (Å²) in [7, 11) is 2.08. The first-order chi connectivity index (χ1) is 9.15. The molecule has 2 aromatic rings. The molecule has 2 aromatic heterocycles. The Labute approximate surface area is 111 Å². The highest BCUT2D eigenvalue weighted by molar-refractivity contribution is 5.46. The number of hydrogen-bond donors (Lipinski definition) is 1. The molecule has 0 atom stereocenters. The number of rotatable bonds is 3. The van der Waals surface area contributed by atoms with Gasteiger partial charge in [-0.2, -0.15) is 0 Å². The van der Waals surface area contributed by atoms with Crippen LogP contribution in [0.4, 0.5) is 0 Å². The van der Waals surface area contributed by atoms with Gasteiger partial charge in [-0.05, 0) is 25.6 Å². The fourth-order valence-electron chi connectivity index (χ4n) is 2.36. The first kappa shape index (κ1) is 12.3. The van der Waals surface area contributed by atoms with E-state index in [9.17, 15) is 4.79 Å². The van der Waals surface area contributed by atoms with Gasteiger partial charge in [0.05, 0.1) is 5.69 Å². The highest BCUT2D eigenvalue weighted by Gasteiger charge is 2.21. The summed E-state index contributed by atoms with van der Waals surface area (Å²) in [6, 6.07) is 6.04. The average molecular weight is 258 g/mol. The lowest BCUT2D eigenvalue weighted by Gasteiger charge is -2.35. The molecule has 0 aromatic carbocycles. The van der Waals surface area contributed by atoms with Gasteiger partial charge in [0, 0.05) is 37.9 Å². The third-order valence-corrected chi connectivity index (χ3v) is 3.73. The first-order valence-electron chi connectivity index (χ1n) is 6.54. The number of likely N-dealkylation sites (N-methyl/N-ethyl adjacent to an activating group) is 1. The van der Waals surface area contributed by atoms with Crippen molar-refractivity contribution in [2.45, 2.75) is 19.5 Å². The predicted molar refractivity (Wildman–Crippen MR) is 74.3 cm³/mol. The molecular formula is C14H18N4O. The van der Waals surface area contributed by atoms with E-state index in [1.165, 1.54) is 0 Å². The van der Waals surface area contributed by atoms with Gasteiger partial charge in [-0.3, -0.25) is 14.1 Å². The minimum Gasteiger partial charge on any atom is -0.314 e. The first-order valence-corrected chi connectivity index (χ1v) is 6.54. The average Bonchev–Trinajstić information content (AvgIpc) is 2.28. The van der Waals surface area contributed by atoms with E-state index in [2.05, 4.69) is 22.2 Å². The van der Waals surface area contributed by atoms with E-state index < -0.39 is 0 Å². The van der Waals surface area contributed by atoms with Gasteiger partial charge in [0.25, 0.3) is 5.56 Å². The Morgan fingerprint density at radius 3 is 3.00 bits per heavy atom. The van der Waals surface area contributed by atoms with Crippen molar-refractivity contribution in [1.82, 2.24) is 19.6 Å². The maximum Gasteiger partial charge on any atom is 0.258 e. The van der Waals surface area contributed by atoms with Gasteiger partial charge in [-0.15, -0.1) is 0 Å². The molecule has 5 heteroatoms. The molecule has 1 saturated heterocycles. The lowest BCUT2D eigenvalue weighted by molar-refractivity contribution is 0.171. The quantitative estimate of drug-likeness (QED) is 0.866.